The van der Waals surface area contributed by atoms with Gasteiger partial charge in [0.2, 0.25) is 0 Å². The van der Waals surface area contributed by atoms with Gasteiger partial charge in [-0.05, 0) is 57.0 Å². The lowest BCUT2D eigenvalue weighted by molar-refractivity contribution is 0.0913. The first-order valence-electron chi connectivity index (χ1n) is 8.56. The van der Waals surface area contributed by atoms with E-state index in [-0.39, 0.29) is 24.4 Å². The van der Waals surface area contributed by atoms with Gasteiger partial charge in [-0.25, -0.2) is 0 Å². The van der Waals surface area contributed by atoms with Crippen LogP contribution in [0.4, 0.5) is 0 Å². The first-order valence-corrected chi connectivity index (χ1v) is 8.56. The van der Waals surface area contributed by atoms with E-state index in [1.165, 1.54) is 0 Å². The second kappa shape index (κ2) is 10.4. The molecule has 136 valence electrons. The summed E-state index contributed by atoms with van der Waals surface area (Å²) in [5, 5.41) is 6.48. The molecule has 0 bridgehead atoms. The van der Waals surface area contributed by atoms with Crippen LogP contribution < -0.4 is 20.1 Å². The minimum absolute atomic E-state index is 0. The van der Waals surface area contributed by atoms with E-state index in [0.29, 0.717) is 36.2 Å². The molecule has 0 aliphatic carbocycles. The van der Waals surface area contributed by atoms with Crippen molar-refractivity contribution >= 4 is 18.3 Å². The first-order chi connectivity index (χ1) is 11.2. The molecule has 0 aromatic heterocycles. The average Bonchev–Trinajstić information content (AvgIpc) is 2.56. The Balaban J connectivity index is 0.00000288. The predicted molar refractivity (Wildman–Crippen MR) is 98.5 cm³/mol. The third-order valence-corrected chi connectivity index (χ3v) is 4.07. The topological polar surface area (TPSA) is 59.6 Å². The van der Waals surface area contributed by atoms with Crippen LogP contribution in [-0.4, -0.2) is 38.3 Å². The molecule has 1 amide bonds. The Hall–Kier alpha value is -1.46. The molecule has 1 aromatic carbocycles. The summed E-state index contributed by atoms with van der Waals surface area (Å²) in [5.74, 6) is 1.71. The molecule has 1 aliphatic heterocycles. The van der Waals surface area contributed by atoms with Crippen LogP contribution in [0.25, 0.3) is 0 Å². The Morgan fingerprint density at radius 3 is 2.75 bits per heavy atom. The number of hydrogen-bond donors (Lipinski definition) is 2. The minimum atomic E-state index is -0.0493. The van der Waals surface area contributed by atoms with Crippen molar-refractivity contribution in [2.75, 3.05) is 26.3 Å². The molecule has 5 nitrogen and oxygen atoms in total. The lowest BCUT2D eigenvalue weighted by Gasteiger charge is -2.30. The number of hydrogen-bond acceptors (Lipinski definition) is 4. The third kappa shape index (κ3) is 5.56. The highest BCUT2D eigenvalue weighted by molar-refractivity contribution is 5.95. The molecule has 24 heavy (non-hydrogen) atoms. The SMILES string of the molecule is CCCOc1ccc(C(=O)NC2CCNCC2C)cc1OCC.Cl. The third-order valence-electron chi connectivity index (χ3n) is 4.07. The zero-order valence-corrected chi connectivity index (χ0v) is 15.6. The van der Waals surface area contributed by atoms with Gasteiger partial charge in [-0.15, -0.1) is 12.4 Å². The molecule has 1 aliphatic rings. The van der Waals surface area contributed by atoms with Gasteiger partial charge in [-0.1, -0.05) is 13.8 Å². The summed E-state index contributed by atoms with van der Waals surface area (Å²) in [6, 6.07) is 5.61. The Labute approximate surface area is 150 Å². The normalized spacial score (nSPS) is 20.0. The van der Waals surface area contributed by atoms with E-state index < -0.39 is 0 Å². The van der Waals surface area contributed by atoms with E-state index in [1.54, 1.807) is 12.1 Å². The van der Waals surface area contributed by atoms with E-state index in [9.17, 15) is 4.79 Å². The number of ether oxygens (including phenoxy) is 2. The van der Waals surface area contributed by atoms with E-state index in [4.69, 9.17) is 9.47 Å². The number of rotatable bonds is 7. The van der Waals surface area contributed by atoms with Gasteiger partial charge in [-0.2, -0.15) is 0 Å². The maximum atomic E-state index is 12.5. The Morgan fingerprint density at radius 2 is 2.08 bits per heavy atom. The summed E-state index contributed by atoms with van der Waals surface area (Å²) in [7, 11) is 0. The quantitative estimate of drug-likeness (QED) is 0.788. The van der Waals surface area contributed by atoms with Crippen molar-refractivity contribution in [3.8, 4) is 11.5 Å². The van der Waals surface area contributed by atoms with E-state index in [0.717, 1.165) is 25.9 Å². The number of carbonyl (C=O) groups is 1. The molecule has 0 saturated carbocycles. The van der Waals surface area contributed by atoms with Crippen molar-refractivity contribution in [2.45, 2.75) is 39.7 Å². The molecule has 2 N–H and O–H groups in total. The molecular weight excluding hydrogens is 328 g/mol. The van der Waals surface area contributed by atoms with Crippen molar-refractivity contribution < 1.29 is 14.3 Å². The van der Waals surface area contributed by atoms with Gasteiger partial charge in [0.05, 0.1) is 13.2 Å². The molecule has 6 heteroatoms. The fourth-order valence-corrected chi connectivity index (χ4v) is 2.73. The van der Waals surface area contributed by atoms with Crippen LogP contribution >= 0.6 is 12.4 Å². The lowest BCUT2D eigenvalue weighted by atomic mass is 9.95. The average molecular weight is 357 g/mol. The summed E-state index contributed by atoms with van der Waals surface area (Å²) in [6.45, 7) is 9.21. The fourth-order valence-electron chi connectivity index (χ4n) is 2.73. The zero-order chi connectivity index (χ0) is 16.7. The number of piperidine rings is 1. The largest absolute Gasteiger partial charge is 0.490 e. The maximum Gasteiger partial charge on any atom is 0.251 e. The van der Waals surface area contributed by atoms with Crippen LogP contribution in [-0.2, 0) is 0 Å². The van der Waals surface area contributed by atoms with Gasteiger partial charge in [0.15, 0.2) is 11.5 Å². The molecule has 2 rings (SSSR count). The summed E-state index contributed by atoms with van der Waals surface area (Å²) >= 11 is 0. The van der Waals surface area contributed by atoms with Crippen LogP contribution in [0, 0.1) is 5.92 Å². The Bertz CT molecular complexity index is 525. The number of nitrogens with one attached hydrogen (secondary N) is 2. The monoisotopic (exact) mass is 356 g/mol. The maximum absolute atomic E-state index is 12.5. The molecule has 0 spiro atoms. The van der Waals surface area contributed by atoms with Crippen molar-refractivity contribution in [1.29, 1.82) is 0 Å². The lowest BCUT2D eigenvalue weighted by Crippen LogP contribution is -2.48. The molecule has 1 heterocycles. The molecular formula is C18H29ClN2O3. The molecule has 2 unspecified atom stereocenters. The van der Waals surface area contributed by atoms with Gasteiger partial charge in [0, 0.05) is 11.6 Å². The van der Waals surface area contributed by atoms with Crippen LogP contribution in [0.2, 0.25) is 0 Å². The number of benzene rings is 1. The van der Waals surface area contributed by atoms with Crippen LogP contribution in [0.1, 0.15) is 44.0 Å². The van der Waals surface area contributed by atoms with Gasteiger partial charge in [0.1, 0.15) is 0 Å². The van der Waals surface area contributed by atoms with Crippen molar-refractivity contribution in [3.63, 3.8) is 0 Å². The summed E-state index contributed by atoms with van der Waals surface area (Å²) in [5.41, 5.74) is 0.614. The molecule has 2 atom stereocenters. The highest BCUT2D eigenvalue weighted by atomic mass is 35.5. The van der Waals surface area contributed by atoms with Crippen LogP contribution in [0.3, 0.4) is 0 Å². The summed E-state index contributed by atoms with van der Waals surface area (Å²) in [6.07, 6.45) is 1.89. The molecule has 1 aromatic rings. The van der Waals surface area contributed by atoms with Gasteiger partial charge < -0.3 is 20.1 Å². The van der Waals surface area contributed by atoms with Crippen LogP contribution in [0.15, 0.2) is 18.2 Å². The second-order valence-corrected chi connectivity index (χ2v) is 5.99. The van der Waals surface area contributed by atoms with E-state index in [1.807, 2.05) is 13.0 Å². The number of halogens is 1. The molecule has 1 saturated heterocycles. The fraction of sp³-hybridized carbons (Fsp3) is 0.611. The minimum Gasteiger partial charge on any atom is -0.490 e. The molecule has 1 fully saturated rings. The van der Waals surface area contributed by atoms with Gasteiger partial charge >= 0.3 is 0 Å². The Kier molecular flexibility index (Phi) is 8.93. The number of amides is 1. The Morgan fingerprint density at radius 1 is 1.29 bits per heavy atom. The summed E-state index contributed by atoms with van der Waals surface area (Å²) in [4.78, 5) is 12.5. The van der Waals surface area contributed by atoms with Gasteiger partial charge in [0.25, 0.3) is 5.91 Å². The highest BCUT2D eigenvalue weighted by Gasteiger charge is 2.23. The standard InChI is InChI=1S/C18H28N2O3.ClH/c1-4-10-23-16-7-6-14(11-17(16)22-5-2)18(21)20-15-8-9-19-12-13(15)3;/h6-7,11,13,15,19H,4-5,8-10,12H2,1-3H3,(H,20,21);1H. The first kappa shape index (κ1) is 20.6. The number of carbonyl (C=O) groups excluding carboxylic acids is 1. The molecule has 0 radical (unpaired) electrons. The van der Waals surface area contributed by atoms with Gasteiger partial charge in [-0.3, -0.25) is 4.79 Å². The van der Waals surface area contributed by atoms with E-state index in [2.05, 4.69) is 24.5 Å². The van der Waals surface area contributed by atoms with Crippen molar-refractivity contribution in [3.05, 3.63) is 23.8 Å². The second-order valence-electron chi connectivity index (χ2n) is 5.99. The van der Waals surface area contributed by atoms with Crippen molar-refractivity contribution in [1.82, 2.24) is 10.6 Å². The van der Waals surface area contributed by atoms with Crippen LogP contribution in [0.5, 0.6) is 11.5 Å². The van der Waals surface area contributed by atoms with E-state index >= 15 is 0 Å². The smallest absolute Gasteiger partial charge is 0.251 e. The highest BCUT2D eigenvalue weighted by Crippen LogP contribution is 2.29. The van der Waals surface area contributed by atoms with Crippen molar-refractivity contribution in [2.24, 2.45) is 5.92 Å². The predicted octanol–water partition coefficient (Wildman–Crippen LogP) is 3.02. The zero-order valence-electron chi connectivity index (χ0n) is 14.8. The summed E-state index contributed by atoms with van der Waals surface area (Å²) < 4.78 is 11.3.